The first-order valence-corrected chi connectivity index (χ1v) is 16.2. The summed E-state index contributed by atoms with van der Waals surface area (Å²) in [6.07, 6.45) is -27.0. The van der Waals surface area contributed by atoms with E-state index in [4.69, 9.17) is 28.2 Å². The Kier molecular flexibility index (Phi) is 14.4. The van der Waals surface area contributed by atoms with Gasteiger partial charge in [0.05, 0.1) is 32.0 Å². The van der Waals surface area contributed by atoms with Crippen molar-refractivity contribution in [3.05, 3.63) is 0 Å². The zero-order chi connectivity index (χ0) is 37.9. The van der Waals surface area contributed by atoms with Crippen LogP contribution in [0.15, 0.2) is 0 Å². The largest absolute Gasteiger partial charge is 0.477 e. The van der Waals surface area contributed by atoms with Gasteiger partial charge < -0.3 is 85.4 Å². The highest BCUT2D eigenvalue weighted by atomic mass is 32.3. The fourth-order valence-electron chi connectivity index (χ4n) is 5.69. The van der Waals surface area contributed by atoms with Crippen molar-refractivity contribution in [2.24, 2.45) is 0 Å². The number of carboxylic acid groups (broad SMARTS) is 1. The van der Waals surface area contributed by atoms with Crippen LogP contribution < -0.4 is 10.6 Å². The van der Waals surface area contributed by atoms with Crippen molar-refractivity contribution in [1.82, 2.24) is 10.6 Å². The third kappa shape index (κ3) is 9.77. The van der Waals surface area contributed by atoms with E-state index in [2.05, 4.69) is 14.8 Å². The highest BCUT2D eigenvalue weighted by Gasteiger charge is 2.57. The summed E-state index contributed by atoms with van der Waals surface area (Å²) in [6, 6.07) is -3.22. The first-order chi connectivity index (χ1) is 23.2. The van der Waals surface area contributed by atoms with Gasteiger partial charge in [-0.1, -0.05) is 0 Å². The fraction of sp³-hybridized carbons (Fsp3) is 0.880. The molecular weight excluding hydrogens is 712 g/mol. The lowest BCUT2D eigenvalue weighted by molar-refractivity contribution is -0.350. The normalized spacial score (nSPS) is 40.8. The molecule has 3 rings (SSSR count). The number of ether oxygens (including phenoxy) is 5. The van der Waals surface area contributed by atoms with E-state index in [0.29, 0.717) is 0 Å². The molecule has 50 heavy (non-hydrogen) atoms. The second kappa shape index (κ2) is 17.0. The predicted octanol–water partition coefficient (Wildman–Crippen LogP) is -8.25. The number of hydrogen-bond acceptors (Lipinski definition) is 20. The number of hydrogen-bond donors (Lipinski definition) is 13. The van der Waals surface area contributed by atoms with Crippen molar-refractivity contribution < 1.29 is 106 Å². The molecule has 3 aliphatic rings. The maximum Gasteiger partial charge on any atom is 0.397 e. The van der Waals surface area contributed by atoms with Gasteiger partial charge in [0.25, 0.3) is 5.79 Å². The lowest BCUT2D eigenvalue weighted by Gasteiger charge is -2.48. The molecule has 24 nitrogen and oxygen atoms in total. The minimum Gasteiger partial charge on any atom is -0.477 e. The molecule has 0 aliphatic carbocycles. The number of amides is 2. The van der Waals surface area contributed by atoms with E-state index < -0.39 is 152 Å². The summed E-state index contributed by atoms with van der Waals surface area (Å²) in [6.45, 7) is -1.14. The number of aliphatic hydroxyl groups excluding tert-OH is 9. The topological polar surface area (TPSA) is 387 Å². The lowest BCUT2D eigenvalue weighted by atomic mass is 9.88. The summed E-state index contributed by atoms with van der Waals surface area (Å²) in [7, 11) is -5.24. The first-order valence-electron chi connectivity index (χ1n) is 14.9. The first kappa shape index (κ1) is 42.1. The van der Waals surface area contributed by atoms with Crippen LogP contribution in [0.2, 0.25) is 0 Å². The zero-order valence-corrected chi connectivity index (χ0v) is 27.1. The molecular formula is C25H42N2O22S. The minimum absolute atomic E-state index is 0.754. The molecule has 0 spiro atoms. The Morgan fingerprint density at radius 1 is 0.900 bits per heavy atom. The number of carbonyl (C=O) groups excluding carboxylic acids is 2. The Labute approximate surface area is 283 Å². The molecule has 290 valence electrons. The smallest absolute Gasteiger partial charge is 0.397 e. The molecule has 0 unspecified atom stereocenters. The van der Waals surface area contributed by atoms with Crippen LogP contribution in [0, 0.1) is 0 Å². The van der Waals surface area contributed by atoms with Crippen LogP contribution in [0.5, 0.6) is 0 Å². The van der Waals surface area contributed by atoms with Crippen molar-refractivity contribution in [3.8, 4) is 0 Å². The van der Waals surface area contributed by atoms with Crippen LogP contribution in [0.25, 0.3) is 0 Å². The number of aliphatic carboxylic acids is 1. The summed E-state index contributed by atoms with van der Waals surface area (Å²) in [4.78, 5) is 36.2. The van der Waals surface area contributed by atoms with Crippen molar-refractivity contribution in [2.75, 3.05) is 19.8 Å². The van der Waals surface area contributed by atoms with Gasteiger partial charge in [0, 0.05) is 20.3 Å². The number of carboxylic acids is 1. The SMILES string of the molecule is CC(=O)N[C@@H]1[C@@H](O[C@@H]2O[C@H](CO)[C@H](OS(=O)(=O)O)[C@H](O)[C@H]2O)[C@@H](O)[C@@H](CO[C@]2(C(=O)O)C[C@H](O)[C@@H](NC(C)=O)[C@H]([C@H](O)[C@H](O)CO)O2)O[C@H]1O. The predicted molar refractivity (Wildman–Crippen MR) is 152 cm³/mol. The summed E-state index contributed by atoms with van der Waals surface area (Å²) < 4.78 is 62.9. The van der Waals surface area contributed by atoms with Crippen LogP contribution >= 0.6 is 0 Å². The average molecular weight is 755 g/mol. The summed E-state index contributed by atoms with van der Waals surface area (Å²) >= 11 is 0. The molecule has 2 amide bonds. The van der Waals surface area contributed by atoms with Gasteiger partial charge in [-0.05, 0) is 0 Å². The van der Waals surface area contributed by atoms with Crippen molar-refractivity contribution in [2.45, 2.75) is 118 Å². The van der Waals surface area contributed by atoms with Gasteiger partial charge >= 0.3 is 16.4 Å². The summed E-state index contributed by atoms with van der Waals surface area (Å²) in [5.41, 5.74) is 0. The van der Waals surface area contributed by atoms with E-state index in [1.807, 2.05) is 0 Å². The maximum absolute atomic E-state index is 12.5. The van der Waals surface area contributed by atoms with Crippen LogP contribution in [0.3, 0.4) is 0 Å². The number of aliphatic hydroxyl groups is 9. The molecule has 0 aromatic carbocycles. The number of rotatable bonds is 14. The molecule has 0 bridgehead atoms. The van der Waals surface area contributed by atoms with Gasteiger partial charge in [0.15, 0.2) is 12.6 Å². The van der Waals surface area contributed by atoms with Crippen molar-refractivity contribution in [3.63, 3.8) is 0 Å². The van der Waals surface area contributed by atoms with E-state index in [-0.39, 0.29) is 0 Å². The quantitative estimate of drug-likeness (QED) is 0.0732. The molecule has 0 aromatic rings. The Morgan fingerprint density at radius 3 is 2.02 bits per heavy atom. The molecule has 0 radical (unpaired) electrons. The highest BCUT2D eigenvalue weighted by Crippen LogP contribution is 2.35. The van der Waals surface area contributed by atoms with Crippen LogP contribution in [-0.4, -0.2) is 199 Å². The molecule has 3 heterocycles. The molecule has 25 heteroatoms. The van der Waals surface area contributed by atoms with Crippen molar-refractivity contribution in [1.29, 1.82) is 0 Å². The molecule has 16 atom stereocenters. The van der Waals surface area contributed by atoms with Gasteiger partial charge in [0.1, 0.15) is 67.1 Å². The molecule has 0 aromatic heterocycles. The second-order valence-electron chi connectivity index (χ2n) is 11.8. The van der Waals surface area contributed by atoms with Crippen LogP contribution in [0.4, 0.5) is 0 Å². The minimum atomic E-state index is -5.24. The third-order valence-corrected chi connectivity index (χ3v) is 8.54. The Hall–Kier alpha value is -2.28. The Balaban J connectivity index is 1.89. The van der Waals surface area contributed by atoms with Gasteiger partial charge in [-0.2, -0.15) is 8.42 Å². The van der Waals surface area contributed by atoms with Gasteiger partial charge in [0.2, 0.25) is 11.8 Å². The maximum atomic E-state index is 12.5. The molecule has 3 aliphatic heterocycles. The van der Waals surface area contributed by atoms with E-state index in [1.165, 1.54) is 0 Å². The highest BCUT2D eigenvalue weighted by molar-refractivity contribution is 7.80. The Morgan fingerprint density at radius 2 is 1.50 bits per heavy atom. The van der Waals surface area contributed by atoms with Crippen LogP contribution in [-0.2, 0) is 52.7 Å². The van der Waals surface area contributed by atoms with E-state index in [1.54, 1.807) is 0 Å². The monoisotopic (exact) mass is 754 g/mol. The Bertz CT molecular complexity index is 1290. The van der Waals surface area contributed by atoms with Gasteiger partial charge in [-0.3, -0.25) is 14.1 Å². The summed E-state index contributed by atoms with van der Waals surface area (Å²) in [5, 5.41) is 108. The number of carbonyl (C=O) groups is 3. The lowest BCUT2D eigenvalue weighted by Crippen LogP contribution is -2.69. The fourth-order valence-corrected chi connectivity index (χ4v) is 6.21. The van der Waals surface area contributed by atoms with Crippen molar-refractivity contribution >= 4 is 28.2 Å². The molecule has 3 saturated heterocycles. The van der Waals surface area contributed by atoms with E-state index in [9.17, 15) is 73.9 Å². The van der Waals surface area contributed by atoms with Crippen LogP contribution in [0.1, 0.15) is 20.3 Å². The standard InChI is InChI=1S/C25H42N2O22S/c1-7(30)26-13-9(32)3-25(24(39)40,48-21(13)15(34)10(33)4-28)44-6-12-16(35)20(14(22(38)45-12)27-8(2)31)47-23-18(37)17(36)19(11(5-29)46-23)49-50(41,42)43/h9-23,28-29,32-38H,3-6H2,1-2H3,(H,26,30)(H,27,31)(H,39,40)(H,41,42,43)/t9-,10+,11+,12+,13+,14+,15+,16-,17+,18+,19-,20+,21+,22+,23-,25+/m0/s1. The van der Waals surface area contributed by atoms with E-state index in [0.717, 1.165) is 13.8 Å². The van der Waals surface area contributed by atoms with Gasteiger partial charge in [-0.25, -0.2) is 8.98 Å². The molecule has 13 N–H and O–H groups in total. The number of nitrogens with one attached hydrogen (secondary N) is 2. The molecule has 0 saturated carbocycles. The molecule has 3 fully saturated rings. The van der Waals surface area contributed by atoms with Gasteiger partial charge in [-0.15, -0.1) is 0 Å². The summed E-state index contributed by atoms with van der Waals surface area (Å²) in [5.74, 6) is -6.40. The van der Waals surface area contributed by atoms with E-state index >= 15 is 0 Å². The second-order valence-corrected chi connectivity index (χ2v) is 12.8. The average Bonchev–Trinajstić information content (AvgIpc) is 3.02. The third-order valence-electron chi connectivity index (χ3n) is 8.07. The zero-order valence-electron chi connectivity index (χ0n) is 26.3.